The molecule has 11 heteroatoms. The molecule has 32 heavy (non-hydrogen) atoms. The lowest BCUT2D eigenvalue weighted by Crippen LogP contribution is -2.67. The maximum atomic E-state index is 13.2. The number of rotatable bonds is 11. The van der Waals surface area contributed by atoms with E-state index in [1.165, 1.54) is 24.0 Å². The Hall–Kier alpha value is -3.30. The Labute approximate surface area is 185 Å². The van der Waals surface area contributed by atoms with Crippen LogP contribution < -0.4 is 5.32 Å². The zero-order valence-electron chi connectivity index (χ0n) is 17.9. The van der Waals surface area contributed by atoms with Crippen LogP contribution in [0.5, 0.6) is 0 Å². The number of carbonyl (C=O) groups excluding carboxylic acids is 4. The van der Waals surface area contributed by atoms with Gasteiger partial charge in [0.15, 0.2) is 0 Å². The van der Waals surface area contributed by atoms with E-state index in [2.05, 4.69) is 23.3 Å². The largest absolute Gasteiger partial charge is 0.453 e. The molecule has 0 unspecified atom stereocenters. The van der Waals surface area contributed by atoms with Gasteiger partial charge in [0, 0.05) is 12.6 Å². The first-order valence-corrected chi connectivity index (χ1v) is 10.3. The molecule has 2 aliphatic heterocycles. The summed E-state index contributed by atoms with van der Waals surface area (Å²) in [5.74, 6) is -4.38. The number of amides is 2. The molecule has 0 saturated carbocycles. The molecular weight excluding hydrogens is 420 g/mol. The normalized spacial score (nSPS) is 23.6. The van der Waals surface area contributed by atoms with Crippen molar-refractivity contribution in [1.29, 1.82) is 0 Å². The van der Waals surface area contributed by atoms with Gasteiger partial charge in [0.2, 0.25) is 5.91 Å². The monoisotopic (exact) mass is 448 g/mol. The number of aliphatic hydroxyl groups excluding tert-OH is 1. The number of aliphatic hydroxyl groups is 1. The second-order valence-corrected chi connectivity index (χ2v) is 7.70. The number of ether oxygens (including phenoxy) is 2. The van der Waals surface area contributed by atoms with Crippen molar-refractivity contribution >= 4 is 29.5 Å². The van der Waals surface area contributed by atoms with Gasteiger partial charge in [0.05, 0.1) is 24.0 Å². The third-order valence-corrected chi connectivity index (χ3v) is 5.61. The molecule has 0 aliphatic carbocycles. The van der Waals surface area contributed by atoms with Crippen molar-refractivity contribution in [1.82, 2.24) is 10.2 Å². The number of hydrogen-bond donors (Lipinski definition) is 2. The van der Waals surface area contributed by atoms with Crippen molar-refractivity contribution < 1.29 is 38.5 Å². The summed E-state index contributed by atoms with van der Waals surface area (Å²) in [5, 5.41) is 12.6. The SMILES string of the molecule is C=CCOC(=O)C(=[N+]=[N-])C(=O)[C@H](C[C@@H]1CCCN1C(=O)OCC=C)[C@H]1NC(=O)[C@@H]1[C@@H](C)O. The van der Waals surface area contributed by atoms with Crippen LogP contribution in [0, 0.1) is 11.8 Å². The minimum atomic E-state index is -1.14. The van der Waals surface area contributed by atoms with E-state index in [4.69, 9.17) is 9.47 Å². The molecule has 0 aromatic heterocycles. The Morgan fingerprint density at radius 1 is 1.31 bits per heavy atom. The number of nitrogens with zero attached hydrogens (tertiary/aromatic N) is 3. The quantitative estimate of drug-likeness (QED) is 0.0871. The Kier molecular flexibility index (Phi) is 8.86. The fourth-order valence-corrected chi connectivity index (χ4v) is 4.10. The van der Waals surface area contributed by atoms with Gasteiger partial charge in [-0.3, -0.25) is 9.59 Å². The van der Waals surface area contributed by atoms with E-state index >= 15 is 0 Å². The Balaban J connectivity index is 2.29. The number of nitrogens with one attached hydrogen (secondary N) is 1. The molecule has 0 spiro atoms. The van der Waals surface area contributed by atoms with Crippen molar-refractivity contribution in [3.63, 3.8) is 0 Å². The minimum Gasteiger partial charge on any atom is -0.453 e. The molecule has 2 fully saturated rings. The van der Waals surface area contributed by atoms with Crippen LogP contribution in [0.1, 0.15) is 26.2 Å². The standard InChI is InChI=1S/C21H28N4O7/c1-4-9-31-20(29)17(24-22)18(27)14(16-15(12(3)26)19(28)23-16)11-13-7-6-8-25(13)21(30)32-10-5-2/h4-5,12-16,26H,1-2,6-11H2,3H3,(H,23,28)/t12-,13+,14-,15-,16-/m1/s1. The Morgan fingerprint density at radius 3 is 2.53 bits per heavy atom. The minimum absolute atomic E-state index is 0.0314. The number of hydrogen-bond acceptors (Lipinski definition) is 7. The molecule has 0 bridgehead atoms. The zero-order valence-corrected chi connectivity index (χ0v) is 17.9. The molecule has 5 atom stereocenters. The molecule has 2 rings (SSSR count). The molecule has 2 heterocycles. The maximum Gasteiger partial charge on any atom is 0.441 e. The number of esters is 1. The summed E-state index contributed by atoms with van der Waals surface area (Å²) in [7, 11) is 0. The molecule has 0 radical (unpaired) electrons. The van der Waals surface area contributed by atoms with E-state index in [-0.39, 0.29) is 19.6 Å². The van der Waals surface area contributed by atoms with Gasteiger partial charge < -0.3 is 30.3 Å². The van der Waals surface area contributed by atoms with Crippen LogP contribution in [-0.4, -0.2) is 82.2 Å². The van der Waals surface area contributed by atoms with Crippen molar-refractivity contribution in [2.45, 2.75) is 44.4 Å². The summed E-state index contributed by atoms with van der Waals surface area (Å²) in [4.78, 5) is 54.1. The first-order chi connectivity index (χ1) is 15.3. The molecule has 2 saturated heterocycles. The summed E-state index contributed by atoms with van der Waals surface area (Å²) >= 11 is 0. The van der Waals surface area contributed by atoms with Gasteiger partial charge in [-0.05, 0) is 26.2 Å². The van der Waals surface area contributed by atoms with Gasteiger partial charge >= 0.3 is 17.8 Å². The number of ketones is 1. The van der Waals surface area contributed by atoms with Gasteiger partial charge in [-0.15, -0.1) is 0 Å². The average Bonchev–Trinajstić information content (AvgIpc) is 3.21. The molecule has 0 aromatic rings. The predicted molar refractivity (Wildman–Crippen MR) is 111 cm³/mol. The maximum absolute atomic E-state index is 13.2. The van der Waals surface area contributed by atoms with Crippen molar-refractivity contribution in [3.8, 4) is 0 Å². The molecule has 174 valence electrons. The van der Waals surface area contributed by atoms with E-state index in [0.717, 1.165) is 0 Å². The molecular formula is C21H28N4O7. The molecule has 2 aliphatic rings. The molecule has 11 nitrogen and oxygen atoms in total. The van der Waals surface area contributed by atoms with Gasteiger partial charge in [0.25, 0.3) is 5.78 Å². The third-order valence-electron chi connectivity index (χ3n) is 5.61. The number of likely N-dealkylation sites (tertiary alicyclic amines) is 1. The summed E-state index contributed by atoms with van der Waals surface area (Å²) < 4.78 is 9.92. The van der Waals surface area contributed by atoms with Crippen molar-refractivity contribution in [3.05, 3.63) is 30.8 Å². The highest BCUT2D eigenvalue weighted by Crippen LogP contribution is 2.33. The number of β-lactam (4-membered cyclic amide) rings is 1. The first kappa shape index (κ1) is 25.0. The lowest BCUT2D eigenvalue weighted by molar-refractivity contribution is -0.146. The second kappa shape index (κ2) is 11.4. The van der Waals surface area contributed by atoms with Crippen LogP contribution in [0.15, 0.2) is 25.3 Å². The van der Waals surface area contributed by atoms with Crippen LogP contribution in [0.3, 0.4) is 0 Å². The van der Waals surface area contributed by atoms with Crippen molar-refractivity contribution in [2.24, 2.45) is 11.8 Å². The Morgan fingerprint density at radius 2 is 1.97 bits per heavy atom. The fourth-order valence-electron chi connectivity index (χ4n) is 4.10. The van der Waals surface area contributed by atoms with E-state index in [9.17, 15) is 29.8 Å². The van der Waals surface area contributed by atoms with E-state index in [0.29, 0.717) is 19.4 Å². The van der Waals surface area contributed by atoms with Gasteiger partial charge in [-0.25, -0.2) is 9.59 Å². The number of carbonyl (C=O) groups is 4. The Bertz CT molecular complexity index is 834. The topological polar surface area (TPSA) is 159 Å². The van der Waals surface area contributed by atoms with Crippen molar-refractivity contribution in [2.75, 3.05) is 19.8 Å². The van der Waals surface area contributed by atoms with E-state index < -0.39 is 59.5 Å². The molecule has 2 N–H and O–H groups in total. The van der Waals surface area contributed by atoms with E-state index in [1.54, 1.807) is 0 Å². The lowest BCUT2D eigenvalue weighted by atomic mass is 9.73. The zero-order chi connectivity index (χ0) is 23.8. The van der Waals surface area contributed by atoms with Crippen LogP contribution in [-0.2, 0) is 23.9 Å². The molecule has 2 amide bonds. The third kappa shape index (κ3) is 5.49. The van der Waals surface area contributed by atoms with E-state index in [1.807, 2.05) is 0 Å². The van der Waals surface area contributed by atoms with Crippen LogP contribution in [0.25, 0.3) is 5.53 Å². The van der Waals surface area contributed by atoms with Crippen LogP contribution in [0.2, 0.25) is 0 Å². The number of Topliss-reactive ketones (excluding diaryl/α,β-unsaturated/α-hetero) is 1. The summed E-state index contributed by atoms with van der Waals surface area (Å²) in [6, 6.07) is -1.23. The first-order valence-electron chi connectivity index (χ1n) is 10.3. The highest BCUT2D eigenvalue weighted by atomic mass is 16.6. The van der Waals surface area contributed by atoms with Crippen LogP contribution in [0.4, 0.5) is 4.79 Å². The fraction of sp³-hybridized carbons (Fsp3) is 0.571. The van der Waals surface area contributed by atoms with Gasteiger partial charge in [-0.1, -0.05) is 25.3 Å². The summed E-state index contributed by atoms with van der Waals surface area (Å²) in [6.07, 6.45) is 2.41. The predicted octanol–water partition coefficient (Wildman–Crippen LogP) is 0.244. The summed E-state index contributed by atoms with van der Waals surface area (Å²) in [6.45, 7) is 8.58. The second-order valence-electron chi connectivity index (χ2n) is 7.70. The highest BCUT2D eigenvalue weighted by molar-refractivity contribution is 6.62. The lowest BCUT2D eigenvalue weighted by Gasteiger charge is -2.43. The summed E-state index contributed by atoms with van der Waals surface area (Å²) in [5.41, 5.74) is 8.49. The average molecular weight is 448 g/mol. The van der Waals surface area contributed by atoms with Gasteiger partial charge in [0.1, 0.15) is 13.2 Å². The highest BCUT2D eigenvalue weighted by Gasteiger charge is 2.53. The smallest absolute Gasteiger partial charge is 0.441 e. The molecule has 0 aromatic carbocycles. The van der Waals surface area contributed by atoms with Gasteiger partial charge in [-0.2, -0.15) is 4.79 Å². The van der Waals surface area contributed by atoms with Crippen LogP contribution >= 0.6 is 0 Å².